The first kappa shape index (κ1) is 25.0. The van der Waals surface area contributed by atoms with Crippen molar-refractivity contribution < 1.29 is 14.0 Å². The largest absolute Gasteiger partial charge is 0.345 e. The lowest BCUT2D eigenvalue weighted by Crippen LogP contribution is -2.49. The van der Waals surface area contributed by atoms with Crippen molar-refractivity contribution in [2.45, 2.75) is 78.9 Å². The lowest BCUT2D eigenvalue weighted by molar-refractivity contribution is -0.147. The Labute approximate surface area is 197 Å². The summed E-state index contributed by atoms with van der Waals surface area (Å²) in [6, 6.07) is 10.8. The van der Waals surface area contributed by atoms with Crippen LogP contribution in [-0.2, 0) is 22.7 Å². The van der Waals surface area contributed by atoms with Crippen molar-refractivity contribution in [3.63, 3.8) is 0 Å². The molecule has 2 aromatic rings. The van der Waals surface area contributed by atoms with Crippen LogP contribution in [0.15, 0.2) is 42.6 Å². The van der Waals surface area contributed by atoms with Crippen molar-refractivity contribution in [1.82, 2.24) is 14.4 Å². The van der Waals surface area contributed by atoms with Gasteiger partial charge in [0.05, 0.1) is 13.1 Å². The summed E-state index contributed by atoms with van der Waals surface area (Å²) in [5.41, 5.74) is 1.54. The van der Waals surface area contributed by atoms with Crippen molar-refractivity contribution in [1.29, 1.82) is 0 Å². The molecule has 180 valence electrons. The summed E-state index contributed by atoms with van der Waals surface area (Å²) in [6.45, 7) is 9.37. The quantitative estimate of drug-likeness (QED) is 0.547. The fourth-order valence-electron chi connectivity index (χ4n) is 4.58. The second-order valence-corrected chi connectivity index (χ2v) is 10.1. The van der Waals surface area contributed by atoms with Crippen LogP contribution in [0.2, 0.25) is 0 Å². The van der Waals surface area contributed by atoms with Crippen molar-refractivity contribution >= 4 is 11.8 Å². The molecule has 0 atom stereocenters. The SMILES string of the molecule is CCN(CC(=O)N(Cc1cccn1Cc1ccc(F)cc1)C1CCCCC1)C(=O)C(C)(C)C. The summed E-state index contributed by atoms with van der Waals surface area (Å²) < 4.78 is 15.4. The van der Waals surface area contributed by atoms with Gasteiger partial charge in [-0.05, 0) is 49.6 Å². The number of carbonyl (C=O) groups is 2. The van der Waals surface area contributed by atoms with Gasteiger partial charge in [0.2, 0.25) is 11.8 Å². The van der Waals surface area contributed by atoms with Crippen molar-refractivity contribution in [3.8, 4) is 0 Å². The maximum Gasteiger partial charge on any atom is 0.242 e. The minimum Gasteiger partial charge on any atom is -0.345 e. The fraction of sp³-hybridized carbons (Fsp3) is 0.556. The molecule has 1 aromatic carbocycles. The molecule has 1 saturated carbocycles. The third-order valence-electron chi connectivity index (χ3n) is 6.49. The van der Waals surface area contributed by atoms with Crippen molar-refractivity contribution in [2.75, 3.05) is 13.1 Å². The van der Waals surface area contributed by atoms with Crippen LogP contribution in [0.3, 0.4) is 0 Å². The predicted octanol–water partition coefficient (Wildman–Crippen LogP) is 5.23. The molecule has 5 nitrogen and oxygen atoms in total. The lowest BCUT2D eigenvalue weighted by atomic mass is 9.93. The standard InChI is InChI=1S/C27H38FN3O2/c1-5-29(26(33)27(2,3)4)20-25(32)31(23-10-7-6-8-11-23)19-24-12-9-17-30(24)18-21-13-15-22(28)16-14-21/h9,12-17,23H,5-8,10-11,18-20H2,1-4H3. The van der Waals surface area contributed by atoms with E-state index in [-0.39, 0.29) is 30.2 Å². The van der Waals surface area contributed by atoms with Crippen LogP contribution in [0, 0.1) is 11.2 Å². The van der Waals surface area contributed by atoms with E-state index < -0.39 is 5.41 Å². The van der Waals surface area contributed by atoms with E-state index in [0.29, 0.717) is 19.6 Å². The number of benzene rings is 1. The van der Waals surface area contributed by atoms with E-state index in [9.17, 15) is 14.0 Å². The summed E-state index contributed by atoms with van der Waals surface area (Å²) in [5, 5.41) is 0. The molecule has 1 aliphatic rings. The zero-order valence-corrected chi connectivity index (χ0v) is 20.5. The van der Waals surface area contributed by atoms with Crippen LogP contribution in [0.1, 0.15) is 71.1 Å². The van der Waals surface area contributed by atoms with Gasteiger partial charge in [0, 0.05) is 36.4 Å². The first-order chi connectivity index (χ1) is 15.7. The van der Waals surface area contributed by atoms with Gasteiger partial charge in [0.1, 0.15) is 5.82 Å². The van der Waals surface area contributed by atoms with E-state index in [4.69, 9.17) is 0 Å². The molecule has 1 aliphatic carbocycles. The van der Waals surface area contributed by atoms with Crippen LogP contribution >= 0.6 is 0 Å². The second kappa shape index (κ2) is 11.0. The van der Waals surface area contributed by atoms with E-state index in [1.165, 1.54) is 18.6 Å². The average Bonchev–Trinajstić information content (AvgIpc) is 3.23. The summed E-state index contributed by atoms with van der Waals surface area (Å²) in [5.74, 6) is -0.233. The van der Waals surface area contributed by atoms with Gasteiger partial charge >= 0.3 is 0 Å². The van der Waals surface area contributed by atoms with Crippen molar-refractivity contribution in [2.24, 2.45) is 5.41 Å². The molecule has 0 aliphatic heterocycles. The van der Waals surface area contributed by atoms with Crippen LogP contribution in [0.4, 0.5) is 4.39 Å². The third-order valence-corrected chi connectivity index (χ3v) is 6.49. The first-order valence-corrected chi connectivity index (χ1v) is 12.2. The zero-order chi connectivity index (χ0) is 24.0. The molecule has 0 radical (unpaired) electrons. The van der Waals surface area contributed by atoms with E-state index in [0.717, 1.165) is 36.9 Å². The Morgan fingerprint density at radius 2 is 1.73 bits per heavy atom. The summed E-state index contributed by atoms with van der Waals surface area (Å²) in [7, 11) is 0. The van der Waals surface area contributed by atoms with E-state index in [2.05, 4.69) is 4.57 Å². The number of hydrogen-bond acceptors (Lipinski definition) is 2. The number of halogens is 1. The van der Waals surface area contributed by atoms with E-state index in [1.54, 1.807) is 17.0 Å². The molecule has 0 N–H and O–H groups in total. The first-order valence-electron chi connectivity index (χ1n) is 12.2. The molecular formula is C27H38FN3O2. The van der Waals surface area contributed by atoms with Gasteiger partial charge in [-0.15, -0.1) is 0 Å². The molecule has 1 fully saturated rings. The fourth-order valence-corrected chi connectivity index (χ4v) is 4.58. The van der Waals surface area contributed by atoms with Crippen LogP contribution in [0.25, 0.3) is 0 Å². The normalized spacial score (nSPS) is 14.8. The van der Waals surface area contributed by atoms with E-state index in [1.807, 2.05) is 50.9 Å². The Morgan fingerprint density at radius 1 is 1.06 bits per heavy atom. The Morgan fingerprint density at radius 3 is 2.33 bits per heavy atom. The van der Waals surface area contributed by atoms with Crippen LogP contribution in [-0.4, -0.2) is 45.3 Å². The number of aromatic nitrogens is 1. The maximum atomic E-state index is 13.6. The summed E-state index contributed by atoms with van der Waals surface area (Å²) in [6.07, 6.45) is 7.48. The summed E-state index contributed by atoms with van der Waals surface area (Å²) >= 11 is 0. The Bertz CT molecular complexity index is 924. The number of nitrogens with zero attached hydrogens (tertiary/aromatic N) is 3. The number of amides is 2. The smallest absolute Gasteiger partial charge is 0.242 e. The van der Waals surface area contributed by atoms with Gasteiger partial charge in [-0.2, -0.15) is 0 Å². The van der Waals surface area contributed by atoms with Gasteiger partial charge in [-0.3, -0.25) is 9.59 Å². The number of rotatable bonds is 8. The summed E-state index contributed by atoms with van der Waals surface area (Å²) in [4.78, 5) is 30.1. The molecule has 3 rings (SSSR count). The molecule has 1 heterocycles. The molecule has 33 heavy (non-hydrogen) atoms. The molecule has 0 bridgehead atoms. The van der Waals surface area contributed by atoms with Crippen LogP contribution < -0.4 is 0 Å². The van der Waals surface area contributed by atoms with Gasteiger partial charge in [-0.1, -0.05) is 52.2 Å². The van der Waals surface area contributed by atoms with E-state index >= 15 is 0 Å². The van der Waals surface area contributed by atoms with Crippen LogP contribution in [0.5, 0.6) is 0 Å². The lowest BCUT2D eigenvalue weighted by Gasteiger charge is -2.37. The predicted molar refractivity (Wildman–Crippen MR) is 129 cm³/mol. The minimum absolute atomic E-state index is 0.00151. The molecular weight excluding hydrogens is 417 g/mol. The zero-order valence-electron chi connectivity index (χ0n) is 20.5. The highest BCUT2D eigenvalue weighted by molar-refractivity contribution is 5.87. The number of carbonyl (C=O) groups excluding carboxylic acids is 2. The molecule has 0 spiro atoms. The maximum absolute atomic E-state index is 13.6. The van der Waals surface area contributed by atoms with Crippen molar-refractivity contribution in [3.05, 3.63) is 59.7 Å². The minimum atomic E-state index is -0.518. The molecule has 0 saturated heterocycles. The molecule has 6 heteroatoms. The van der Waals surface area contributed by atoms with Gasteiger partial charge < -0.3 is 14.4 Å². The van der Waals surface area contributed by atoms with Gasteiger partial charge in [0.25, 0.3) is 0 Å². The molecule has 2 amide bonds. The second-order valence-electron chi connectivity index (χ2n) is 10.1. The average molecular weight is 456 g/mol. The number of likely N-dealkylation sites (N-methyl/N-ethyl adjacent to an activating group) is 1. The Kier molecular flexibility index (Phi) is 8.33. The van der Waals surface area contributed by atoms with Gasteiger partial charge in [-0.25, -0.2) is 4.39 Å². The molecule has 1 aromatic heterocycles. The topological polar surface area (TPSA) is 45.6 Å². The number of hydrogen-bond donors (Lipinski definition) is 0. The third kappa shape index (κ3) is 6.68. The molecule has 0 unspecified atom stereocenters. The Balaban J connectivity index is 1.79. The highest BCUT2D eigenvalue weighted by Gasteiger charge is 2.31. The van der Waals surface area contributed by atoms with Gasteiger partial charge in [0.15, 0.2) is 0 Å². The monoisotopic (exact) mass is 455 g/mol. The Hall–Kier alpha value is -2.63. The highest BCUT2D eigenvalue weighted by atomic mass is 19.1. The highest BCUT2D eigenvalue weighted by Crippen LogP contribution is 2.25.